The summed E-state index contributed by atoms with van der Waals surface area (Å²) in [7, 11) is 0. The molecule has 0 unspecified atom stereocenters. The van der Waals surface area contributed by atoms with Gasteiger partial charge in [0.05, 0.1) is 5.60 Å². The molecule has 10 heavy (non-hydrogen) atoms. The second-order valence-corrected chi connectivity index (χ2v) is 2.73. The van der Waals surface area contributed by atoms with Gasteiger partial charge < -0.3 is 10.2 Å². The molecule has 0 bridgehead atoms. The van der Waals surface area contributed by atoms with Gasteiger partial charge in [-0.05, 0) is 12.8 Å². The van der Waals surface area contributed by atoms with Gasteiger partial charge in [-0.1, -0.05) is 26.7 Å². The largest absolute Gasteiger partial charge is 0.387 e. The molecule has 0 rings (SSSR count). The van der Waals surface area contributed by atoms with Crippen molar-refractivity contribution in [2.45, 2.75) is 45.1 Å². The average Bonchev–Trinajstić information content (AvgIpc) is 1.89. The van der Waals surface area contributed by atoms with Crippen LogP contribution in [-0.4, -0.2) is 15.8 Å². The molecule has 0 aliphatic heterocycles. The average molecular weight is 145 g/mol. The van der Waals surface area contributed by atoms with E-state index in [1.165, 1.54) is 0 Å². The van der Waals surface area contributed by atoms with E-state index in [0.29, 0.717) is 12.8 Å². The molecule has 0 spiro atoms. The first-order chi connectivity index (χ1) is 4.68. The minimum Gasteiger partial charge on any atom is -0.387 e. The maximum absolute atomic E-state index is 9.51. The summed E-state index contributed by atoms with van der Waals surface area (Å²) < 4.78 is 0. The molecule has 2 N–H and O–H groups in total. The van der Waals surface area contributed by atoms with Gasteiger partial charge in [0.1, 0.15) is 6.61 Å². The van der Waals surface area contributed by atoms with Crippen molar-refractivity contribution in [1.29, 1.82) is 0 Å². The lowest BCUT2D eigenvalue weighted by Gasteiger charge is -2.23. The van der Waals surface area contributed by atoms with E-state index in [4.69, 9.17) is 5.11 Å². The Bertz CT molecular complexity index is 75.3. The van der Waals surface area contributed by atoms with Gasteiger partial charge in [0, 0.05) is 0 Å². The second-order valence-electron chi connectivity index (χ2n) is 2.73. The van der Waals surface area contributed by atoms with Gasteiger partial charge in [0.25, 0.3) is 0 Å². The smallest absolute Gasteiger partial charge is 0.111 e. The van der Waals surface area contributed by atoms with E-state index in [-0.39, 0.29) is 0 Å². The molecule has 1 radical (unpaired) electrons. The predicted molar refractivity (Wildman–Crippen MR) is 41.0 cm³/mol. The van der Waals surface area contributed by atoms with E-state index in [1.54, 1.807) is 0 Å². The van der Waals surface area contributed by atoms with Gasteiger partial charge in [-0.15, -0.1) is 0 Å². The summed E-state index contributed by atoms with van der Waals surface area (Å²) in [6.07, 6.45) is 3.09. The van der Waals surface area contributed by atoms with Crippen LogP contribution in [0.1, 0.15) is 39.5 Å². The van der Waals surface area contributed by atoms with Crippen LogP contribution in [0.2, 0.25) is 0 Å². The number of aliphatic hydroxyl groups is 2. The monoisotopic (exact) mass is 145 g/mol. The van der Waals surface area contributed by atoms with Crippen LogP contribution >= 0.6 is 0 Å². The highest BCUT2D eigenvalue weighted by Crippen LogP contribution is 2.20. The van der Waals surface area contributed by atoms with Crippen molar-refractivity contribution in [2.75, 3.05) is 0 Å². The molecular weight excluding hydrogens is 128 g/mol. The third-order valence-corrected chi connectivity index (χ3v) is 1.61. The lowest BCUT2D eigenvalue weighted by atomic mass is 9.94. The molecule has 0 amide bonds. The van der Waals surface area contributed by atoms with E-state index in [0.717, 1.165) is 19.4 Å². The molecule has 0 aromatic heterocycles. The number of hydrogen-bond acceptors (Lipinski definition) is 2. The van der Waals surface area contributed by atoms with Gasteiger partial charge in [-0.3, -0.25) is 0 Å². The first-order valence-electron chi connectivity index (χ1n) is 3.89. The maximum atomic E-state index is 9.51. The molecule has 0 aliphatic rings. The van der Waals surface area contributed by atoms with E-state index >= 15 is 0 Å². The summed E-state index contributed by atoms with van der Waals surface area (Å²) in [5.74, 6) is 0. The van der Waals surface area contributed by atoms with Crippen LogP contribution in [0.15, 0.2) is 0 Å². The molecule has 0 atom stereocenters. The van der Waals surface area contributed by atoms with Crippen LogP contribution in [0.5, 0.6) is 0 Å². The summed E-state index contributed by atoms with van der Waals surface area (Å²) in [5.41, 5.74) is -0.927. The molecule has 0 aromatic carbocycles. The zero-order chi connectivity index (χ0) is 8.04. The lowest BCUT2D eigenvalue weighted by molar-refractivity contribution is 0.0111. The lowest BCUT2D eigenvalue weighted by Crippen LogP contribution is -2.28. The van der Waals surface area contributed by atoms with Crippen LogP contribution in [0.3, 0.4) is 0 Å². The van der Waals surface area contributed by atoms with E-state index in [2.05, 4.69) is 0 Å². The molecule has 0 aromatic rings. The minimum absolute atomic E-state index is 0.650. The molecule has 0 saturated heterocycles. The normalized spacial score (nSPS) is 12.0. The van der Waals surface area contributed by atoms with Crippen molar-refractivity contribution in [3.05, 3.63) is 6.61 Å². The molecule has 61 valence electrons. The van der Waals surface area contributed by atoms with Gasteiger partial charge >= 0.3 is 0 Å². The molecule has 0 heterocycles. The molecule has 0 saturated carbocycles. The van der Waals surface area contributed by atoms with Crippen molar-refractivity contribution in [3.63, 3.8) is 0 Å². The summed E-state index contributed by atoms with van der Waals surface area (Å²) in [6.45, 7) is 4.90. The fourth-order valence-electron chi connectivity index (χ4n) is 1.12. The van der Waals surface area contributed by atoms with Crippen LogP contribution in [0.25, 0.3) is 0 Å². The summed E-state index contributed by atoms with van der Waals surface area (Å²) in [6, 6.07) is 0. The van der Waals surface area contributed by atoms with E-state index < -0.39 is 5.60 Å². The standard InChI is InChI=1S/C8H17O2/c1-3-5-8(10,7-9)6-4-2/h7,9-10H,3-6H2,1-2H3. The second kappa shape index (κ2) is 4.69. The van der Waals surface area contributed by atoms with Crippen molar-refractivity contribution in [2.24, 2.45) is 0 Å². The highest BCUT2D eigenvalue weighted by molar-refractivity contribution is 4.84. The Hall–Kier alpha value is -0.0800. The molecular formula is C8H17O2. The summed E-state index contributed by atoms with van der Waals surface area (Å²) in [5, 5.41) is 18.2. The predicted octanol–water partition coefficient (Wildman–Crippen LogP) is 1.85. The SMILES string of the molecule is CCCC(O)([CH]O)CCC. The first kappa shape index (κ1) is 9.92. The van der Waals surface area contributed by atoms with Crippen LogP contribution in [0.4, 0.5) is 0 Å². The highest BCUT2D eigenvalue weighted by atomic mass is 16.3. The Kier molecular flexibility index (Phi) is 4.65. The number of aliphatic hydroxyl groups excluding tert-OH is 1. The minimum atomic E-state index is -0.927. The van der Waals surface area contributed by atoms with Gasteiger partial charge in [0.15, 0.2) is 0 Å². The van der Waals surface area contributed by atoms with E-state index in [9.17, 15) is 5.11 Å². The summed E-state index contributed by atoms with van der Waals surface area (Å²) >= 11 is 0. The van der Waals surface area contributed by atoms with Gasteiger partial charge in [-0.25, -0.2) is 0 Å². The topological polar surface area (TPSA) is 40.5 Å². The summed E-state index contributed by atoms with van der Waals surface area (Å²) in [4.78, 5) is 0. The third kappa shape index (κ3) is 3.18. The molecule has 0 aliphatic carbocycles. The Morgan fingerprint density at radius 1 is 1.20 bits per heavy atom. The fraction of sp³-hybridized carbons (Fsp3) is 0.875. The fourth-order valence-corrected chi connectivity index (χ4v) is 1.12. The van der Waals surface area contributed by atoms with Crippen LogP contribution < -0.4 is 0 Å². The van der Waals surface area contributed by atoms with E-state index in [1.807, 2.05) is 13.8 Å². The molecule has 2 heteroatoms. The van der Waals surface area contributed by atoms with Crippen LogP contribution in [-0.2, 0) is 0 Å². The first-order valence-corrected chi connectivity index (χ1v) is 3.89. The number of rotatable bonds is 5. The molecule has 0 fully saturated rings. The maximum Gasteiger partial charge on any atom is 0.111 e. The Labute approximate surface area is 62.9 Å². The highest BCUT2D eigenvalue weighted by Gasteiger charge is 2.23. The van der Waals surface area contributed by atoms with Crippen molar-refractivity contribution < 1.29 is 10.2 Å². The third-order valence-electron chi connectivity index (χ3n) is 1.61. The van der Waals surface area contributed by atoms with Crippen molar-refractivity contribution in [1.82, 2.24) is 0 Å². The zero-order valence-electron chi connectivity index (χ0n) is 6.80. The van der Waals surface area contributed by atoms with Gasteiger partial charge in [-0.2, -0.15) is 0 Å². The quantitative estimate of drug-likeness (QED) is 0.619. The van der Waals surface area contributed by atoms with Crippen LogP contribution in [0, 0.1) is 6.61 Å². The zero-order valence-corrected chi connectivity index (χ0v) is 6.80. The number of hydrogen-bond donors (Lipinski definition) is 2. The Morgan fingerprint density at radius 3 is 1.80 bits per heavy atom. The Balaban J connectivity index is 3.69. The van der Waals surface area contributed by atoms with Gasteiger partial charge in [0.2, 0.25) is 0 Å². The molecule has 2 nitrogen and oxygen atoms in total. The Morgan fingerprint density at radius 2 is 1.60 bits per heavy atom. The van der Waals surface area contributed by atoms with Crippen molar-refractivity contribution in [3.8, 4) is 0 Å². The van der Waals surface area contributed by atoms with Crippen molar-refractivity contribution >= 4 is 0 Å².